The van der Waals surface area contributed by atoms with Crippen LogP contribution in [0.15, 0.2) is 36.5 Å². The highest BCUT2D eigenvalue weighted by atomic mass is 19.4. The van der Waals surface area contributed by atoms with Crippen LogP contribution in [0.2, 0.25) is 0 Å². The molecule has 1 aromatic heterocycles. The first-order valence-corrected chi connectivity index (χ1v) is 4.88. The summed E-state index contributed by atoms with van der Waals surface area (Å²) >= 11 is 0. The van der Waals surface area contributed by atoms with Crippen molar-refractivity contribution in [1.29, 1.82) is 0 Å². The van der Waals surface area contributed by atoms with Gasteiger partial charge in [0.05, 0.1) is 0 Å². The SMILES string of the molecule is Fc1ccc(Nc2nccc(C(F)(F)F)n2)cc1. The maximum absolute atomic E-state index is 12.6. The van der Waals surface area contributed by atoms with Crippen LogP contribution >= 0.6 is 0 Å². The predicted molar refractivity (Wildman–Crippen MR) is 56.7 cm³/mol. The van der Waals surface area contributed by atoms with E-state index in [9.17, 15) is 17.6 Å². The third-order valence-corrected chi connectivity index (χ3v) is 2.05. The van der Waals surface area contributed by atoms with Crippen LogP contribution in [0, 0.1) is 5.82 Å². The third-order valence-electron chi connectivity index (χ3n) is 2.05. The van der Waals surface area contributed by atoms with Crippen molar-refractivity contribution in [3.8, 4) is 0 Å². The lowest BCUT2D eigenvalue weighted by Gasteiger charge is -2.08. The first kappa shape index (κ1) is 12.3. The summed E-state index contributed by atoms with van der Waals surface area (Å²) in [5.74, 6) is -0.637. The van der Waals surface area contributed by atoms with Gasteiger partial charge in [0.1, 0.15) is 11.5 Å². The Balaban J connectivity index is 2.22. The summed E-state index contributed by atoms with van der Waals surface area (Å²) in [4.78, 5) is 6.98. The molecule has 7 heteroatoms. The van der Waals surface area contributed by atoms with E-state index in [0.717, 1.165) is 12.3 Å². The van der Waals surface area contributed by atoms with Crippen molar-refractivity contribution in [2.45, 2.75) is 6.18 Å². The normalized spacial score (nSPS) is 11.3. The van der Waals surface area contributed by atoms with E-state index in [-0.39, 0.29) is 5.95 Å². The lowest BCUT2D eigenvalue weighted by atomic mass is 10.3. The second kappa shape index (κ2) is 4.59. The highest BCUT2D eigenvalue weighted by Crippen LogP contribution is 2.27. The third kappa shape index (κ3) is 2.93. The van der Waals surface area contributed by atoms with Gasteiger partial charge in [0.2, 0.25) is 5.95 Å². The van der Waals surface area contributed by atoms with Crippen LogP contribution in [0.4, 0.5) is 29.2 Å². The van der Waals surface area contributed by atoms with E-state index in [1.54, 1.807) is 0 Å². The molecule has 0 atom stereocenters. The molecule has 0 radical (unpaired) electrons. The fraction of sp³-hybridized carbons (Fsp3) is 0.0909. The highest BCUT2D eigenvalue weighted by molar-refractivity contribution is 5.52. The van der Waals surface area contributed by atoms with Crippen molar-refractivity contribution in [2.75, 3.05) is 5.32 Å². The van der Waals surface area contributed by atoms with Crippen LogP contribution in [-0.2, 0) is 6.18 Å². The summed E-state index contributed by atoms with van der Waals surface area (Å²) < 4.78 is 49.8. The number of hydrogen-bond acceptors (Lipinski definition) is 3. The number of hydrogen-bond donors (Lipinski definition) is 1. The van der Waals surface area contributed by atoms with Crippen molar-refractivity contribution >= 4 is 11.6 Å². The molecule has 0 amide bonds. The molecule has 18 heavy (non-hydrogen) atoms. The molecular weight excluding hydrogens is 250 g/mol. The Labute approximate surface area is 99.5 Å². The summed E-state index contributed by atoms with van der Waals surface area (Å²) in [7, 11) is 0. The lowest BCUT2D eigenvalue weighted by Crippen LogP contribution is -2.10. The van der Waals surface area contributed by atoms with Crippen LogP contribution < -0.4 is 5.32 Å². The van der Waals surface area contributed by atoms with Gasteiger partial charge in [0.25, 0.3) is 0 Å². The van der Waals surface area contributed by atoms with Gasteiger partial charge in [-0.25, -0.2) is 14.4 Å². The standard InChI is InChI=1S/C11H7F4N3/c12-7-1-3-8(4-2-7)17-10-16-6-5-9(18-10)11(13,14)15/h1-6H,(H,16,17,18). The molecule has 0 aliphatic carbocycles. The zero-order valence-electron chi connectivity index (χ0n) is 8.87. The Morgan fingerprint density at radius 3 is 2.28 bits per heavy atom. The van der Waals surface area contributed by atoms with Crippen LogP contribution in [0.3, 0.4) is 0 Å². The monoisotopic (exact) mass is 257 g/mol. The van der Waals surface area contributed by atoms with Gasteiger partial charge in [0.15, 0.2) is 0 Å². The van der Waals surface area contributed by atoms with E-state index >= 15 is 0 Å². The molecule has 3 nitrogen and oxygen atoms in total. The minimum Gasteiger partial charge on any atom is -0.324 e. The molecule has 0 unspecified atom stereocenters. The number of alkyl halides is 3. The number of anilines is 2. The quantitative estimate of drug-likeness (QED) is 0.838. The second-order valence-electron chi connectivity index (χ2n) is 3.40. The topological polar surface area (TPSA) is 37.8 Å². The average molecular weight is 257 g/mol. The molecule has 1 aromatic carbocycles. The van der Waals surface area contributed by atoms with E-state index in [0.29, 0.717) is 5.69 Å². The Morgan fingerprint density at radius 1 is 1.00 bits per heavy atom. The van der Waals surface area contributed by atoms with Gasteiger partial charge in [-0.1, -0.05) is 0 Å². The largest absolute Gasteiger partial charge is 0.433 e. The molecule has 0 saturated heterocycles. The molecule has 2 aromatic rings. The van der Waals surface area contributed by atoms with Crippen LogP contribution in [-0.4, -0.2) is 9.97 Å². The van der Waals surface area contributed by atoms with Gasteiger partial charge in [-0.3, -0.25) is 0 Å². The number of nitrogens with one attached hydrogen (secondary N) is 1. The maximum Gasteiger partial charge on any atom is 0.433 e. The number of halogens is 4. The molecule has 0 saturated carbocycles. The van der Waals surface area contributed by atoms with Crippen molar-refractivity contribution in [1.82, 2.24) is 9.97 Å². The predicted octanol–water partition coefficient (Wildman–Crippen LogP) is 3.38. The van der Waals surface area contributed by atoms with Crippen LogP contribution in [0.25, 0.3) is 0 Å². The van der Waals surface area contributed by atoms with Gasteiger partial charge in [-0.2, -0.15) is 13.2 Å². The smallest absolute Gasteiger partial charge is 0.324 e. The van der Waals surface area contributed by atoms with Crippen molar-refractivity contribution in [2.24, 2.45) is 0 Å². The minimum atomic E-state index is -4.53. The van der Waals surface area contributed by atoms with E-state index < -0.39 is 17.7 Å². The Morgan fingerprint density at radius 2 is 1.67 bits per heavy atom. The van der Waals surface area contributed by atoms with Gasteiger partial charge in [0, 0.05) is 11.9 Å². The molecule has 94 valence electrons. The number of benzene rings is 1. The molecule has 1 N–H and O–H groups in total. The summed E-state index contributed by atoms with van der Waals surface area (Å²) in [5.41, 5.74) is -0.641. The summed E-state index contributed by atoms with van der Waals surface area (Å²) in [5, 5.41) is 2.55. The van der Waals surface area contributed by atoms with E-state index in [4.69, 9.17) is 0 Å². The second-order valence-corrected chi connectivity index (χ2v) is 3.40. The average Bonchev–Trinajstić information content (AvgIpc) is 2.31. The van der Waals surface area contributed by atoms with E-state index in [1.165, 1.54) is 24.3 Å². The number of nitrogens with zero attached hydrogens (tertiary/aromatic N) is 2. The van der Waals surface area contributed by atoms with Crippen LogP contribution in [0.5, 0.6) is 0 Å². The number of rotatable bonds is 2. The number of aromatic nitrogens is 2. The van der Waals surface area contributed by atoms with Crippen LogP contribution in [0.1, 0.15) is 5.69 Å². The molecule has 0 spiro atoms. The molecule has 0 aliphatic heterocycles. The first-order valence-electron chi connectivity index (χ1n) is 4.88. The van der Waals surface area contributed by atoms with Gasteiger partial charge >= 0.3 is 6.18 Å². The molecule has 2 rings (SSSR count). The molecule has 0 bridgehead atoms. The minimum absolute atomic E-state index is 0.198. The molecule has 0 fully saturated rings. The molecular formula is C11H7F4N3. The first-order chi connectivity index (χ1) is 8.45. The van der Waals surface area contributed by atoms with Gasteiger partial charge in [-0.15, -0.1) is 0 Å². The fourth-order valence-corrected chi connectivity index (χ4v) is 1.24. The lowest BCUT2D eigenvalue weighted by molar-refractivity contribution is -0.141. The summed E-state index contributed by atoms with van der Waals surface area (Å²) in [6.07, 6.45) is -3.52. The zero-order valence-corrected chi connectivity index (χ0v) is 8.87. The highest BCUT2D eigenvalue weighted by Gasteiger charge is 2.32. The van der Waals surface area contributed by atoms with E-state index in [2.05, 4.69) is 15.3 Å². The molecule has 0 aliphatic rings. The van der Waals surface area contributed by atoms with Gasteiger partial charge in [-0.05, 0) is 30.3 Å². The van der Waals surface area contributed by atoms with Crippen molar-refractivity contribution in [3.63, 3.8) is 0 Å². The fourth-order valence-electron chi connectivity index (χ4n) is 1.24. The zero-order chi connectivity index (χ0) is 13.2. The van der Waals surface area contributed by atoms with Crippen molar-refractivity contribution < 1.29 is 17.6 Å². The Kier molecular flexibility index (Phi) is 3.14. The maximum atomic E-state index is 12.6. The van der Waals surface area contributed by atoms with Gasteiger partial charge < -0.3 is 5.32 Å². The molecule has 1 heterocycles. The van der Waals surface area contributed by atoms with E-state index in [1.807, 2.05) is 0 Å². The Bertz CT molecular complexity index is 537. The van der Waals surface area contributed by atoms with Crippen molar-refractivity contribution in [3.05, 3.63) is 48.0 Å². The summed E-state index contributed by atoms with van der Waals surface area (Å²) in [6, 6.07) is 5.87. The summed E-state index contributed by atoms with van der Waals surface area (Å²) in [6.45, 7) is 0. The Hall–Kier alpha value is -2.18.